The number of hydrogen-bond acceptors (Lipinski definition) is 9. The van der Waals surface area contributed by atoms with E-state index in [1.807, 2.05) is 24.3 Å². The Balaban J connectivity index is 0.000000292. The molecule has 0 amide bonds. The average Bonchev–Trinajstić information content (AvgIpc) is 2.75. The van der Waals surface area contributed by atoms with Gasteiger partial charge in [-0.2, -0.15) is 16.8 Å². The van der Waals surface area contributed by atoms with Crippen molar-refractivity contribution < 1.29 is 39.4 Å². The van der Waals surface area contributed by atoms with Crippen LogP contribution in [-0.4, -0.2) is 67.2 Å². The number of ether oxygens (including phenoxy) is 1. The highest BCUT2D eigenvalue weighted by atomic mass is 32.3. The molecular formula is C20H26N2O9S2. The molecule has 33 heavy (non-hydrogen) atoms. The van der Waals surface area contributed by atoms with Gasteiger partial charge in [-0.15, -0.1) is 10.2 Å². The summed E-state index contributed by atoms with van der Waals surface area (Å²) in [5.41, 5.74) is 1.85. The van der Waals surface area contributed by atoms with Gasteiger partial charge in [0.2, 0.25) is 0 Å². The maximum Gasteiger partial charge on any atom is 0.413 e. The molecule has 3 aliphatic heterocycles. The van der Waals surface area contributed by atoms with Crippen LogP contribution in [0, 0.1) is 11.8 Å². The molecule has 1 unspecified atom stereocenters. The van der Waals surface area contributed by atoms with Crippen molar-refractivity contribution in [3.63, 3.8) is 0 Å². The summed E-state index contributed by atoms with van der Waals surface area (Å²) in [6.45, 7) is 6.07. The number of fused-ring (bicyclic) bond motifs is 4. The minimum absolute atomic E-state index is 0.178. The summed E-state index contributed by atoms with van der Waals surface area (Å²) < 4.78 is 60.9. The molecule has 0 saturated carbocycles. The van der Waals surface area contributed by atoms with Crippen LogP contribution in [0.5, 0.6) is 5.75 Å². The zero-order valence-corrected chi connectivity index (χ0v) is 19.4. The number of aromatic nitrogens is 1. The molecule has 0 radical (unpaired) electrons. The largest absolute Gasteiger partial charge is 0.497 e. The Hall–Kier alpha value is -2.13. The summed E-state index contributed by atoms with van der Waals surface area (Å²) in [7, 11) is -8.58. The highest BCUT2D eigenvalue weighted by Gasteiger charge is 2.42. The van der Waals surface area contributed by atoms with E-state index in [1.165, 1.54) is 6.42 Å². The molecule has 0 spiro atoms. The number of piperidine rings is 3. The molecule has 3 aliphatic rings. The van der Waals surface area contributed by atoms with Crippen molar-refractivity contribution >= 4 is 31.7 Å². The third kappa shape index (κ3) is 6.47. The molecule has 0 aliphatic carbocycles. The predicted octanol–water partition coefficient (Wildman–Crippen LogP) is 1.78. The molecule has 4 heterocycles. The molecule has 3 N–H and O–H groups in total. The molecule has 1 aromatic carbocycles. The molecule has 13 heteroatoms. The Morgan fingerprint density at radius 2 is 1.91 bits per heavy atom. The summed E-state index contributed by atoms with van der Waals surface area (Å²) in [6.07, 6.45) is 5.62. The van der Waals surface area contributed by atoms with E-state index < -0.39 is 26.9 Å². The second-order valence-electron chi connectivity index (χ2n) is 7.90. The first-order chi connectivity index (χ1) is 15.4. The Morgan fingerprint density at radius 1 is 1.21 bits per heavy atom. The summed E-state index contributed by atoms with van der Waals surface area (Å²) in [5, 5.41) is 12.1. The van der Waals surface area contributed by atoms with Crippen LogP contribution in [0.15, 0.2) is 43.1 Å². The number of pyridine rings is 1. The number of hydrogen-bond donors (Lipinski definition) is 3. The molecule has 2 aromatic rings. The lowest BCUT2D eigenvalue weighted by atomic mass is 9.73. The summed E-state index contributed by atoms with van der Waals surface area (Å²) in [4.78, 5) is 6.86. The molecule has 2 bridgehead atoms. The van der Waals surface area contributed by atoms with Crippen molar-refractivity contribution in [2.45, 2.75) is 25.0 Å². The topological polar surface area (TPSA) is 164 Å². The summed E-state index contributed by atoms with van der Waals surface area (Å²) >= 11 is 0. The molecule has 5 rings (SSSR count). The van der Waals surface area contributed by atoms with E-state index in [-0.39, 0.29) is 6.04 Å². The molecule has 5 atom stereocenters. The quantitative estimate of drug-likeness (QED) is 0.389. The number of aliphatic hydroxyl groups excluding tert-OH is 1. The van der Waals surface area contributed by atoms with Crippen LogP contribution in [0.2, 0.25) is 0 Å². The van der Waals surface area contributed by atoms with Gasteiger partial charge in [-0.25, -0.2) is 0 Å². The first-order valence-corrected chi connectivity index (χ1v) is 12.8. The zero-order valence-electron chi connectivity index (χ0n) is 17.8. The third-order valence-electron chi connectivity index (χ3n) is 5.99. The van der Waals surface area contributed by atoms with E-state index in [9.17, 15) is 21.9 Å². The second kappa shape index (κ2) is 10.0. The molecule has 1 aromatic heterocycles. The van der Waals surface area contributed by atoms with Gasteiger partial charge in [0.1, 0.15) is 5.75 Å². The van der Waals surface area contributed by atoms with Crippen LogP contribution in [0.3, 0.4) is 0 Å². The lowest BCUT2D eigenvalue weighted by Crippen LogP contribution is -2.54. The van der Waals surface area contributed by atoms with Crippen molar-refractivity contribution in [3.05, 3.63) is 48.7 Å². The Bertz CT molecular complexity index is 1190. The van der Waals surface area contributed by atoms with Crippen molar-refractivity contribution in [3.8, 4) is 5.75 Å². The van der Waals surface area contributed by atoms with Crippen LogP contribution in [0.25, 0.3) is 10.9 Å². The lowest BCUT2D eigenvalue weighted by Gasteiger charge is -2.50. The Labute approximate surface area is 192 Å². The Kier molecular flexibility index (Phi) is 7.73. The normalized spacial score (nSPS) is 25.7. The fourth-order valence-corrected chi connectivity index (χ4v) is 5.42. The number of rotatable bonds is 6. The van der Waals surface area contributed by atoms with Gasteiger partial charge >= 0.3 is 20.8 Å². The van der Waals surface area contributed by atoms with Crippen molar-refractivity contribution in [2.75, 3.05) is 20.2 Å². The molecule has 11 nitrogen and oxygen atoms in total. The third-order valence-corrected chi connectivity index (χ3v) is 7.37. The number of aliphatic hydroxyl groups is 1. The van der Waals surface area contributed by atoms with E-state index in [0.717, 1.165) is 41.7 Å². The van der Waals surface area contributed by atoms with E-state index in [1.54, 1.807) is 13.3 Å². The van der Waals surface area contributed by atoms with Gasteiger partial charge in [0, 0.05) is 24.2 Å². The first-order valence-electron chi connectivity index (χ1n) is 10.0. The van der Waals surface area contributed by atoms with Crippen LogP contribution in [0.1, 0.15) is 24.5 Å². The minimum Gasteiger partial charge on any atom is -0.497 e. The minimum atomic E-state index is -5.12. The van der Waals surface area contributed by atoms with Crippen LogP contribution in [-0.2, 0) is 24.4 Å². The van der Waals surface area contributed by atoms with E-state index in [4.69, 9.17) is 13.8 Å². The van der Waals surface area contributed by atoms with Gasteiger partial charge in [0.15, 0.2) is 0 Å². The smallest absolute Gasteiger partial charge is 0.413 e. The van der Waals surface area contributed by atoms with Crippen molar-refractivity contribution in [2.24, 2.45) is 11.8 Å². The maximum absolute atomic E-state index is 11.2. The fourth-order valence-electron chi connectivity index (χ4n) is 4.55. The number of nitrogens with zero attached hydrogens (tertiary/aromatic N) is 2. The summed E-state index contributed by atoms with van der Waals surface area (Å²) in [6, 6.07) is 7.96. The molecule has 3 fully saturated rings. The van der Waals surface area contributed by atoms with Crippen LogP contribution < -0.4 is 4.74 Å². The fraction of sp³-hybridized carbons (Fsp3) is 0.450. The van der Waals surface area contributed by atoms with Gasteiger partial charge in [-0.05, 0) is 61.1 Å². The number of methoxy groups -OCH3 is 1. The first kappa shape index (κ1) is 25.5. The van der Waals surface area contributed by atoms with Crippen LogP contribution in [0.4, 0.5) is 0 Å². The van der Waals surface area contributed by atoms with Gasteiger partial charge in [-0.3, -0.25) is 19.0 Å². The Morgan fingerprint density at radius 3 is 2.42 bits per heavy atom. The monoisotopic (exact) mass is 502 g/mol. The van der Waals surface area contributed by atoms with Gasteiger partial charge in [0.05, 0.1) is 18.7 Å². The summed E-state index contributed by atoms with van der Waals surface area (Å²) in [5.74, 6) is 2.01. The second-order valence-corrected chi connectivity index (χ2v) is 10.2. The SMILES string of the molecule is C=C[C@H]1CN2CC[C@H]1C[C@H]2[C@H](O)c1ccnc2ccc(OC)cc12.O=S(=O)(O)OS(=O)(=O)O. The van der Waals surface area contributed by atoms with E-state index in [2.05, 4.69) is 26.2 Å². The molecular weight excluding hydrogens is 476 g/mol. The van der Waals surface area contributed by atoms with Crippen molar-refractivity contribution in [1.82, 2.24) is 9.88 Å². The predicted molar refractivity (Wildman–Crippen MR) is 119 cm³/mol. The van der Waals surface area contributed by atoms with Gasteiger partial charge in [0.25, 0.3) is 0 Å². The standard InChI is InChI=1S/C20H24N2O2.H2O7S2/c1-3-13-12-22-9-7-14(13)10-19(22)20(23)16-6-8-21-18-5-4-15(24-2)11-17(16)18;1-8(2,3)7-9(4,5)6/h3-6,8,11,13-14,19-20,23H,1,7,9-10,12H2,2H3;(H,1,2,3)(H,4,5,6)/t13-,14-,19-,20+;/m0./s1. The van der Waals surface area contributed by atoms with E-state index in [0.29, 0.717) is 11.8 Å². The average molecular weight is 503 g/mol. The van der Waals surface area contributed by atoms with Crippen molar-refractivity contribution in [1.29, 1.82) is 0 Å². The number of benzene rings is 1. The zero-order chi connectivity index (χ0) is 24.4. The maximum atomic E-state index is 11.2. The van der Waals surface area contributed by atoms with E-state index >= 15 is 0 Å². The van der Waals surface area contributed by atoms with Crippen LogP contribution >= 0.6 is 0 Å². The lowest BCUT2D eigenvalue weighted by molar-refractivity contribution is -0.0444. The highest BCUT2D eigenvalue weighted by molar-refractivity contribution is 7.94. The highest BCUT2D eigenvalue weighted by Crippen LogP contribution is 2.42. The molecule has 182 valence electrons. The van der Waals surface area contributed by atoms with Gasteiger partial charge in [-0.1, -0.05) is 6.08 Å². The molecule has 3 saturated heterocycles. The van der Waals surface area contributed by atoms with Gasteiger partial charge < -0.3 is 9.84 Å².